The number of carbonyl (C=O) groups excluding carboxylic acids is 2. The number of carbonyl (C=O) groups is 2. The Kier molecular flexibility index (Phi) is 5.99. The van der Waals surface area contributed by atoms with Crippen LogP contribution in [0, 0.1) is 0 Å². The van der Waals surface area contributed by atoms with Crippen LogP contribution in [0.5, 0.6) is 0 Å². The summed E-state index contributed by atoms with van der Waals surface area (Å²) in [5, 5.41) is 0. The molecule has 0 aromatic rings. The quantitative estimate of drug-likeness (QED) is 0.335. The van der Waals surface area contributed by atoms with Gasteiger partial charge in [-0.25, -0.2) is 0 Å². The number of ether oxygens (including phenoxy) is 2. The topological polar surface area (TPSA) is 58.6 Å². The highest BCUT2D eigenvalue weighted by atomic mass is 16.5. The van der Waals surface area contributed by atoms with Crippen LogP contribution in [-0.2, 0) is 19.1 Å². The van der Waals surface area contributed by atoms with Crippen molar-refractivity contribution in [1.29, 1.82) is 0 Å². The van der Waals surface area contributed by atoms with Gasteiger partial charge in [-0.3, -0.25) is 19.4 Å². The van der Waals surface area contributed by atoms with Crippen LogP contribution in [0.1, 0.15) is 33.1 Å². The summed E-state index contributed by atoms with van der Waals surface area (Å²) >= 11 is 0. The molecule has 2 aliphatic rings. The maximum absolute atomic E-state index is 11.4. The lowest BCUT2D eigenvalue weighted by Gasteiger charge is -2.07. The Morgan fingerprint density at radius 3 is 1.62 bits per heavy atom. The van der Waals surface area contributed by atoms with Gasteiger partial charge >= 0.3 is 11.9 Å². The van der Waals surface area contributed by atoms with E-state index in [1.807, 2.05) is 0 Å². The van der Waals surface area contributed by atoms with Crippen LogP contribution in [0.15, 0.2) is 0 Å². The molecule has 6 nitrogen and oxygen atoms in total. The van der Waals surface area contributed by atoms with Crippen LogP contribution in [0.3, 0.4) is 0 Å². The molecular formula is C15H26N2O4. The highest BCUT2D eigenvalue weighted by Crippen LogP contribution is 2.16. The fourth-order valence-electron chi connectivity index (χ4n) is 2.25. The summed E-state index contributed by atoms with van der Waals surface area (Å²) in [6.07, 6.45) is 1.45. The molecule has 0 spiro atoms. The monoisotopic (exact) mass is 298 g/mol. The smallest absolute Gasteiger partial charge is 0.307 e. The molecule has 2 saturated heterocycles. The zero-order chi connectivity index (χ0) is 15.2. The molecule has 2 fully saturated rings. The first-order valence-electron chi connectivity index (χ1n) is 7.85. The number of hydrogen-bond donors (Lipinski definition) is 0. The van der Waals surface area contributed by atoms with Crippen molar-refractivity contribution in [2.45, 2.75) is 45.2 Å². The second-order valence-corrected chi connectivity index (χ2v) is 5.98. The Bertz CT molecular complexity index is 341. The van der Waals surface area contributed by atoms with Gasteiger partial charge in [-0.1, -0.05) is 0 Å². The van der Waals surface area contributed by atoms with Crippen LogP contribution in [-0.4, -0.2) is 73.2 Å². The molecular weight excluding hydrogens is 272 g/mol. The van der Waals surface area contributed by atoms with E-state index in [1.165, 1.54) is 0 Å². The molecule has 21 heavy (non-hydrogen) atoms. The fraction of sp³-hybridized carbons (Fsp3) is 0.867. The van der Waals surface area contributed by atoms with Crippen molar-refractivity contribution in [2.24, 2.45) is 0 Å². The molecule has 0 aromatic heterocycles. The molecule has 0 amide bonds. The van der Waals surface area contributed by atoms with Crippen LogP contribution in [0.2, 0.25) is 0 Å². The zero-order valence-corrected chi connectivity index (χ0v) is 13.0. The summed E-state index contributed by atoms with van der Waals surface area (Å²) in [6.45, 7) is 8.66. The molecule has 2 aliphatic heterocycles. The van der Waals surface area contributed by atoms with Gasteiger partial charge in [-0.05, 0) is 13.8 Å². The maximum Gasteiger partial charge on any atom is 0.307 e. The lowest BCUT2D eigenvalue weighted by Crippen LogP contribution is -2.15. The van der Waals surface area contributed by atoms with E-state index in [9.17, 15) is 9.59 Å². The first-order valence-corrected chi connectivity index (χ1v) is 7.85. The largest absolute Gasteiger partial charge is 0.466 e. The van der Waals surface area contributed by atoms with E-state index >= 15 is 0 Å². The van der Waals surface area contributed by atoms with Crippen LogP contribution < -0.4 is 0 Å². The molecule has 0 aromatic carbocycles. The van der Waals surface area contributed by atoms with Gasteiger partial charge < -0.3 is 9.47 Å². The molecule has 0 bridgehead atoms. The third-order valence-corrected chi connectivity index (χ3v) is 4.00. The Morgan fingerprint density at radius 2 is 1.29 bits per heavy atom. The molecule has 4 unspecified atom stereocenters. The highest BCUT2D eigenvalue weighted by Gasteiger charge is 2.29. The van der Waals surface area contributed by atoms with Crippen molar-refractivity contribution >= 4 is 11.9 Å². The summed E-state index contributed by atoms with van der Waals surface area (Å²) in [5.41, 5.74) is 0. The number of rotatable bonds is 10. The highest BCUT2D eigenvalue weighted by molar-refractivity contribution is 5.70. The third-order valence-electron chi connectivity index (χ3n) is 4.00. The Morgan fingerprint density at radius 1 is 0.905 bits per heavy atom. The summed E-state index contributed by atoms with van der Waals surface area (Å²) in [4.78, 5) is 27.3. The van der Waals surface area contributed by atoms with Crippen molar-refractivity contribution in [3.8, 4) is 0 Å². The molecule has 0 saturated carbocycles. The van der Waals surface area contributed by atoms with E-state index in [0.717, 1.165) is 26.2 Å². The normalized spacial score (nSPS) is 29.8. The maximum atomic E-state index is 11.4. The van der Waals surface area contributed by atoms with Gasteiger partial charge in [0.05, 0.1) is 26.1 Å². The minimum Gasteiger partial charge on any atom is -0.466 e. The van der Waals surface area contributed by atoms with Gasteiger partial charge in [0.25, 0.3) is 0 Å². The van der Waals surface area contributed by atoms with Gasteiger partial charge in [0.1, 0.15) is 0 Å². The first-order chi connectivity index (χ1) is 10.1. The van der Waals surface area contributed by atoms with E-state index < -0.39 is 0 Å². The Balaban J connectivity index is 1.37. The standard InChI is InChI=1S/C15H26N2O4/c1-12-10-16(12)6-4-14(18)20-8-3-9-21-15(19)5-7-17-11-13(17)2/h12-13H,3-11H2,1-2H3. The molecule has 0 aliphatic carbocycles. The average molecular weight is 298 g/mol. The summed E-state index contributed by atoms with van der Waals surface area (Å²) < 4.78 is 10.2. The van der Waals surface area contributed by atoms with E-state index in [2.05, 4.69) is 23.6 Å². The van der Waals surface area contributed by atoms with Crippen molar-refractivity contribution < 1.29 is 19.1 Å². The SMILES string of the molecule is CC1CN1CCC(=O)OCCCOC(=O)CCN1CC1C. The van der Waals surface area contributed by atoms with Gasteiger partial charge in [0.15, 0.2) is 0 Å². The molecule has 0 N–H and O–H groups in total. The average Bonchev–Trinajstić information content (AvgIpc) is 3.33. The van der Waals surface area contributed by atoms with Crippen LogP contribution in [0.4, 0.5) is 0 Å². The van der Waals surface area contributed by atoms with Crippen molar-refractivity contribution in [3.63, 3.8) is 0 Å². The molecule has 0 radical (unpaired) electrons. The molecule has 2 rings (SSSR count). The van der Waals surface area contributed by atoms with Gasteiger partial charge in [0, 0.05) is 44.7 Å². The lowest BCUT2D eigenvalue weighted by atomic mass is 10.4. The summed E-state index contributed by atoms with van der Waals surface area (Å²) in [5.74, 6) is -0.341. The lowest BCUT2D eigenvalue weighted by molar-refractivity contribution is -0.146. The number of esters is 2. The van der Waals surface area contributed by atoms with E-state index in [1.54, 1.807) is 0 Å². The molecule has 2 heterocycles. The van der Waals surface area contributed by atoms with Crippen LogP contribution in [0.25, 0.3) is 0 Å². The van der Waals surface area contributed by atoms with E-state index in [-0.39, 0.29) is 11.9 Å². The predicted molar refractivity (Wildman–Crippen MR) is 77.8 cm³/mol. The van der Waals surface area contributed by atoms with Crippen molar-refractivity contribution in [1.82, 2.24) is 9.80 Å². The Hall–Kier alpha value is -1.14. The minimum absolute atomic E-state index is 0.170. The van der Waals surface area contributed by atoms with Gasteiger partial charge in [-0.15, -0.1) is 0 Å². The number of nitrogens with zero attached hydrogens (tertiary/aromatic N) is 2. The zero-order valence-electron chi connectivity index (χ0n) is 13.0. The predicted octanol–water partition coefficient (Wildman–Crippen LogP) is 0.651. The summed E-state index contributed by atoms with van der Waals surface area (Å²) in [6, 6.07) is 1.24. The fourth-order valence-corrected chi connectivity index (χ4v) is 2.25. The second kappa shape index (κ2) is 7.75. The summed E-state index contributed by atoms with van der Waals surface area (Å²) in [7, 11) is 0. The van der Waals surface area contributed by atoms with Gasteiger partial charge in [-0.2, -0.15) is 0 Å². The van der Waals surface area contributed by atoms with Gasteiger partial charge in [0.2, 0.25) is 0 Å². The second-order valence-electron chi connectivity index (χ2n) is 5.98. The molecule has 120 valence electrons. The van der Waals surface area contributed by atoms with E-state index in [4.69, 9.17) is 9.47 Å². The third kappa shape index (κ3) is 6.44. The molecule has 6 heteroatoms. The van der Waals surface area contributed by atoms with E-state index in [0.29, 0.717) is 44.6 Å². The number of hydrogen-bond acceptors (Lipinski definition) is 6. The Labute approximate surface area is 126 Å². The minimum atomic E-state index is -0.170. The van der Waals surface area contributed by atoms with Crippen molar-refractivity contribution in [2.75, 3.05) is 39.4 Å². The molecule has 4 atom stereocenters. The van der Waals surface area contributed by atoms with Crippen LogP contribution >= 0.6 is 0 Å². The van der Waals surface area contributed by atoms with Crippen molar-refractivity contribution in [3.05, 3.63) is 0 Å². The first kappa shape index (κ1) is 16.2.